The second kappa shape index (κ2) is 4.97. The van der Waals surface area contributed by atoms with E-state index in [2.05, 4.69) is 10.6 Å². The summed E-state index contributed by atoms with van der Waals surface area (Å²) in [4.78, 5) is 21.4. The molecule has 0 fully saturated rings. The van der Waals surface area contributed by atoms with Crippen LogP contribution in [-0.4, -0.2) is 18.5 Å². The van der Waals surface area contributed by atoms with E-state index in [0.29, 0.717) is 11.4 Å². The van der Waals surface area contributed by atoms with E-state index >= 15 is 0 Å². The molecule has 1 rings (SSSR count). The summed E-state index contributed by atoms with van der Waals surface area (Å²) in [7, 11) is 0. The Hall–Kier alpha value is -2.08. The number of nitrogens with one attached hydrogen (secondary N) is 2. The van der Waals surface area contributed by atoms with E-state index in [9.17, 15) is 9.59 Å². The average Bonchev–Trinajstić information content (AvgIpc) is 2.20. The normalized spacial score (nSPS) is 9.40. The van der Waals surface area contributed by atoms with Crippen LogP contribution in [0.15, 0.2) is 24.3 Å². The van der Waals surface area contributed by atoms with Crippen LogP contribution in [0.1, 0.15) is 0 Å². The van der Waals surface area contributed by atoms with Gasteiger partial charge in [-0.05, 0) is 24.3 Å². The fourth-order valence-electron chi connectivity index (χ4n) is 0.991. The fourth-order valence-corrected chi connectivity index (χ4v) is 0.991. The lowest BCUT2D eigenvalue weighted by Crippen LogP contribution is -2.22. The molecule has 0 aliphatic carbocycles. The lowest BCUT2D eigenvalue weighted by atomic mass is 10.3. The third-order valence-electron chi connectivity index (χ3n) is 1.62. The Morgan fingerprint density at radius 3 is 1.93 bits per heavy atom. The number of urea groups is 1. The van der Waals surface area contributed by atoms with Crippen LogP contribution in [0.25, 0.3) is 0 Å². The van der Waals surface area contributed by atoms with Crippen LogP contribution in [0.3, 0.4) is 0 Å². The smallest absolute Gasteiger partial charge is 0.316 e. The number of benzene rings is 1. The summed E-state index contributed by atoms with van der Waals surface area (Å²) in [5.41, 5.74) is 11.2. The summed E-state index contributed by atoms with van der Waals surface area (Å²) < 4.78 is 0. The maximum absolute atomic E-state index is 10.9. The maximum Gasteiger partial charge on any atom is 0.316 e. The summed E-state index contributed by atoms with van der Waals surface area (Å²) in [6, 6.07) is 5.89. The largest absolute Gasteiger partial charge is 0.351 e. The molecule has 0 aliphatic heterocycles. The van der Waals surface area contributed by atoms with E-state index in [1.807, 2.05) is 0 Å². The van der Waals surface area contributed by atoms with Crippen molar-refractivity contribution in [1.82, 2.24) is 0 Å². The van der Waals surface area contributed by atoms with Crippen molar-refractivity contribution in [3.63, 3.8) is 0 Å². The second-order valence-corrected chi connectivity index (χ2v) is 2.82. The Balaban J connectivity index is 2.64. The first-order valence-corrected chi connectivity index (χ1v) is 4.28. The second-order valence-electron chi connectivity index (χ2n) is 2.82. The molecule has 0 aromatic heterocycles. The minimum atomic E-state index is -0.631. The molecule has 1 aromatic rings. The van der Waals surface area contributed by atoms with Crippen LogP contribution in [-0.2, 0) is 4.79 Å². The number of anilines is 2. The Morgan fingerprint density at radius 2 is 1.53 bits per heavy atom. The number of carbonyl (C=O) groups is 2. The summed E-state index contributed by atoms with van der Waals surface area (Å²) in [5, 5.41) is 4.96. The van der Waals surface area contributed by atoms with Crippen molar-refractivity contribution in [1.29, 1.82) is 0 Å². The molecule has 0 radical (unpaired) electrons. The molecule has 15 heavy (non-hydrogen) atoms. The van der Waals surface area contributed by atoms with Crippen LogP contribution in [0.2, 0.25) is 0 Å². The zero-order chi connectivity index (χ0) is 11.3. The molecule has 0 heterocycles. The van der Waals surface area contributed by atoms with Gasteiger partial charge in [0.2, 0.25) is 5.91 Å². The zero-order valence-corrected chi connectivity index (χ0v) is 7.99. The van der Waals surface area contributed by atoms with Gasteiger partial charge >= 0.3 is 6.03 Å². The lowest BCUT2D eigenvalue weighted by Gasteiger charge is -2.05. The highest BCUT2D eigenvalue weighted by Gasteiger charge is 1.99. The zero-order valence-electron chi connectivity index (χ0n) is 7.99. The van der Waals surface area contributed by atoms with Crippen LogP contribution in [0, 0.1) is 0 Å². The van der Waals surface area contributed by atoms with Gasteiger partial charge in [-0.15, -0.1) is 0 Å². The molecule has 0 saturated heterocycles. The Kier molecular flexibility index (Phi) is 3.64. The molecule has 0 saturated carbocycles. The number of hydrogen-bond acceptors (Lipinski definition) is 3. The van der Waals surface area contributed by atoms with Gasteiger partial charge in [-0.25, -0.2) is 4.79 Å². The van der Waals surface area contributed by atoms with Crippen LogP contribution < -0.4 is 22.1 Å². The summed E-state index contributed by atoms with van der Waals surface area (Å²) in [6.45, 7) is -0.0682. The molecule has 0 aliphatic rings. The fraction of sp³-hybridized carbons (Fsp3) is 0.111. The highest BCUT2D eigenvalue weighted by molar-refractivity contribution is 5.93. The standard InChI is InChI=1S/C9H12N4O2/c10-5-8(14)12-6-1-3-7(4-2-6)13-9(11)15/h1-4H,5,10H2,(H,12,14)(H3,11,13,15). The highest BCUT2D eigenvalue weighted by Crippen LogP contribution is 2.12. The van der Waals surface area contributed by atoms with Crippen LogP contribution >= 0.6 is 0 Å². The van der Waals surface area contributed by atoms with E-state index in [-0.39, 0.29) is 12.5 Å². The molecule has 1 aromatic carbocycles. The summed E-state index contributed by atoms with van der Waals surface area (Å²) in [6.07, 6.45) is 0. The first kappa shape index (κ1) is 11.0. The van der Waals surface area contributed by atoms with Gasteiger partial charge in [0, 0.05) is 11.4 Å². The minimum Gasteiger partial charge on any atom is -0.351 e. The average molecular weight is 208 g/mol. The SMILES string of the molecule is NCC(=O)Nc1ccc(NC(N)=O)cc1. The van der Waals surface area contributed by atoms with E-state index in [4.69, 9.17) is 11.5 Å². The predicted molar refractivity (Wildman–Crippen MR) is 57.3 cm³/mol. The number of rotatable bonds is 3. The Labute approximate surface area is 86.6 Å². The molecule has 80 valence electrons. The summed E-state index contributed by atoms with van der Waals surface area (Å²) >= 11 is 0. The van der Waals surface area contributed by atoms with E-state index in [1.165, 1.54) is 0 Å². The minimum absolute atomic E-state index is 0.0682. The molecule has 3 amide bonds. The van der Waals surface area contributed by atoms with Crippen molar-refractivity contribution in [3.8, 4) is 0 Å². The van der Waals surface area contributed by atoms with Gasteiger partial charge in [-0.3, -0.25) is 4.79 Å². The molecular formula is C9H12N4O2. The van der Waals surface area contributed by atoms with Gasteiger partial charge in [0.1, 0.15) is 0 Å². The monoisotopic (exact) mass is 208 g/mol. The molecule has 6 nitrogen and oxygen atoms in total. The quantitative estimate of drug-likeness (QED) is 0.564. The number of nitrogens with two attached hydrogens (primary N) is 2. The van der Waals surface area contributed by atoms with Gasteiger partial charge in [-0.2, -0.15) is 0 Å². The van der Waals surface area contributed by atoms with Gasteiger partial charge in [0.15, 0.2) is 0 Å². The van der Waals surface area contributed by atoms with E-state index in [0.717, 1.165) is 0 Å². The van der Waals surface area contributed by atoms with E-state index < -0.39 is 6.03 Å². The molecule has 0 unspecified atom stereocenters. The molecular weight excluding hydrogens is 196 g/mol. The van der Waals surface area contributed by atoms with Crippen molar-refractivity contribution in [2.24, 2.45) is 11.5 Å². The Bertz CT molecular complexity index is 361. The van der Waals surface area contributed by atoms with Crippen molar-refractivity contribution in [3.05, 3.63) is 24.3 Å². The topological polar surface area (TPSA) is 110 Å². The highest BCUT2D eigenvalue weighted by atomic mass is 16.2. The van der Waals surface area contributed by atoms with Gasteiger partial charge in [0.25, 0.3) is 0 Å². The van der Waals surface area contributed by atoms with Crippen molar-refractivity contribution in [2.75, 3.05) is 17.2 Å². The van der Waals surface area contributed by atoms with Gasteiger partial charge in [0.05, 0.1) is 6.54 Å². The summed E-state index contributed by atoms with van der Waals surface area (Å²) in [5.74, 6) is -0.273. The number of amides is 3. The Morgan fingerprint density at radius 1 is 1.07 bits per heavy atom. The van der Waals surface area contributed by atoms with Crippen molar-refractivity contribution >= 4 is 23.3 Å². The van der Waals surface area contributed by atoms with Crippen molar-refractivity contribution < 1.29 is 9.59 Å². The van der Waals surface area contributed by atoms with Gasteiger partial charge < -0.3 is 22.1 Å². The lowest BCUT2D eigenvalue weighted by molar-refractivity contribution is -0.114. The number of primary amides is 1. The molecule has 0 atom stereocenters. The molecule has 6 heteroatoms. The number of hydrogen-bond donors (Lipinski definition) is 4. The predicted octanol–water partition coefficient (Wildman–Crippen LogP) is 0.0744. The van der Waals surface area contributed by atoms with Crippen LogP contribution in [0.5, 0.6) is 0 Å². The molecule has 6 N–H and O–H groups in total. The first-order valence-electron chi connectivity index (χ1n) is 4.28. The molecule has 0 bridgehead atoms. The van der Waals surface area contributed by atoms with Crippen molar-refractivity contribution in [2.45, 2.75) is 0 Å². The van der Waals surface area contributed by atoms with Gasteiger partial charge in [-0.1, -0.05) is 0 Å². The van der Waals surface area contributed by atoms with Crippen LogP contribution in [0.4, 0.5) is 16.2 Å². The van der Waals surface area contributed by atoms with E-state index in [1.54, 1.807) is 24.3 Å². The maximum atomic E-state index is 10.9. The molecule has 0 spiro atoms. The first-order chi connectivity index (χ1) is 7.11. The third-order valence-corrected chi connectivity index (χ3v) is 1.62. The number of carbonyl (C=O) groups excluding carboxylic acids is 2. The third kappa shape index (κ3) is 3.65.